The molecule has 0 aliphatic carbocycles. The van der Waals surface area contributed by atoms with Crippen LogP contribution in [-0.4, -0.2) is 114 Å². The van der Waals surface area contributed by atoms with Crippen LogP contribution in [0.25, 0.3) is 32.9 Å². The Labute approximate surface area is 317 Å². The molecule has 4 aliphatic heterocycles. The van der Waals surface area contributed by atoms with E-state index in [2.05, 4.69) is 4.90 Å². The van der Waals surface area contributed by atoms with Gasteiger partial charge in [0.1, 0.15) is 53.2 Å². The van der Waals surface area contributed by atoms with Crippen LogP contribution in [0.2, 0.25) is 5.02 Å². The van der Waals surface area contributed by atoms with E-state index in [1.165, 1.54) is 7.11 Å². The maximum atomic E-state index is 17.4. The van der Waals surface area contributed by atoms with Crippen molar-refractivity contribution in [3.8, 4) is 28.9 Å². The van der Waals surface area contributed by atoms with Crippen molar-refractivity contribution in [1.29, 1.82) is 0 Å². The van der Waals surface area contributed by atoms with Gasteiger partial charge in [-0.05, 0) is 70.2 Å². The molecule has 8 rings (SSSR count). The molecule has 4 atom stereocenters. The van der Waals surface area contributed by atoms with Gasteiger partial charge in [0.15, 0.2) is 12.6 Å². The summed E-state index contributed by atoms with van der Waals surface area (Å²) in [5, 5.41) is 1.97. The predicted molar refractivity (Wildman–Crippen MR) is 200 cm³/mol. The monoisotopic (exact) mass is 766 g/mol. The number of hydrogen-bond acceptors (Lipinski definition) is 11. The van der Waals surface area contributed by atoms with E-state index < -0.39 is 29.2 Å². The molecule has 288 valence electrons. The first-order chi connectivity index (χ1) is 25.9. The van der Waals surface area contributed by atoms with Crippen LogP contribution in [-0.2, 0) is 9.47 Å². The molecule has 0 N–H and O–H groups in total. The van der Waals surface area contributed by atoms with E-state index in [1.54, 1.807) is 29.2 Å². The van der Waals surface area contributed by atoms with Crippen molar-refractivity contribution in [3.63, 3.8) is 0 Å². The van der Waals surface area contributed by atoms with Crippen molar-refractivity contribution < 1.29 is 37.3 Å². The first kappa shape index (κ1) is 36.7. The normalized spacial score (nSPS) is 24.0. The summed E-state index contributed by atoms with van der Waals surface area (Å²) in [6.45, 7) is 9.58. The number of amides is 1. The predicted octanol–water partition coefficient (Wildman–Crippen LogP) is 7.17. The van der Waals surface area contributed by atoms with Crippen LogP contribution < -0.4 is 19.1 Å². The lowest BCUT2D eigenvalue weighted by Crippen LogP contribution is -2.62. The summed E-state index contributed by atoms with van der Waals surface area (Å²) in [4.78, 5) is 33.8. The number of alkyl halides is 1. The average molecular weight is 767 g/mol. The molecular weight excluding hydrogens is 722 g/mol. The zero-order valence-corrected chi connectivity index (χ0v) is 31.9. The van der Waals surface area contributed by atoms with Crippen molar-refractivity contribution in [2.24, 2.45) is 0 Å². The van der Waals surface area contributed by atoms with Crippen LogP contribution in [0.1, 0.15) is 53.4 Å². The van der Waals surface area contributed by atoms with Gasteiger partial charge in [-0.1, -0.05) is 30.7 Å². The molecule has 2 aromatic carbocycles. The second kappa shape index (κ2) is 14.1. The lowest BCUT2D eigenvalue weighted by molar-refractivity contribution is 0.00832. The Morgan fingerprint density at radius 1 is 1.11 bits per heavy atom. The number of pyridine rings is 1. The summed E-state index contributed by atoms with van der Waals surface area (Å²) < 4.78 is 61.7. The van der Waals surface area contributed by atoms with Gasteiger partial charge in [0.05, 0.1) is 17.6 Å². The number of methoxy groups -OCH3 is 1. The van der Waals surface area contributed by atoms with Gasteiger partial charge in [-0.25, -0.2) is 18.6 Å². The van der Waals surface area contributed by atoms with Crippen LogP contribution in [0.5, 0.6) is 17.6 Å². The molecular formula is C39H45ClF2N6O6. The zero-order chi connectivity index (χ0) is 37.9. The molecule has 0 bridgehead atoms. The van der Waals surface area contributed by atoms with Crippen LogP contribution in [0.4, 0.5) is 19.4 Å². The fourth-order valence-corrected chi connectivity index (χ4v) is 8.76. The highest BCUT2D eigenvalue weighted by Crippen LogP contribution is 2.45. The van der Waals surface area contributed by atoms with E-state index in [0.717, 1.165) is 19.4 Å². The van der Waals surface area contributed by atoms with E-state index >= 15 is 4.39 Å². The van der Waals surface area contributed by atoms with Crippen molar-refractivity contribution in [3.05, 3.63) is 41.2 Å². The molecule has 0 unspecified atom stereocenters. The maximum Gasteiger partial charge on any atom is 0.410 e. The summed E-state index contributed by atoms with van der Waals surface area (Å²) in [5.74, 6) is 0.229. The Balaban J connectivity index is 1.28. The number of piperazine rings is 1. The Hall–Kier alpha value is -4.27. The number of fused-ring (bicyclic) bond motifs is 4. The van der Waals surface area contributed by atoms with Gasteiger partial charge in [-0.15, -0.1) is 0 Å². The van der Waals surface area contributed by atoms with Crippen molar-refractivity contribution >= 4 is 45.2 Å². The van der Waals surface area contributed by atoms with E-state index in [9.17, 15) is 9.18 Å². The van der Waals surface area contributed by atoms with E-state index in [4.69, 9.17) is 50.2 Å². The average Bonchev–Trinajstić information content (AvgIpc) is 3.61. The summed E-state index contributed by atoms with van der Waals surface area (Å²) in [7, 11) is 1.51. The smallest absolute Gasteiger partial charge is 0.410 e. The maximum absolute atomic E-state index is 17.4. The van der Waals surface area contributed by atoms with Gasteiger partial charge in [0.25, 0.3) is 0 Å². The van der Waals surface area contributed by atoms with Gasteiger partial charge in [-0.3, -0.25) is 4.90 Å². The molecule has 3 fully saturated rings. The number of rotatable bonds is 8. The summed E-state index contributed by atoms with van der Waals surface area (Å²) in [6.07, 6.45) is 1.36. The molecule has 3 saturated heterocycles. The number of hydrogen-bond donors (Lipinski definition) is 0. The highest BCUT2D eigenvalue weighted by atomic mass is 35.5. The Morgan fingerprint density at radius 3 is 2.72 bits per heavy atom. The van der Waals surface area contributed by atoms with Gasteiger partial charge < -0.3 is 33.5 Å². The van der Waals surface area contributed by atoms with Gasteiger partial charge in [-0.2, -0.15) is 9.97 Å². The number of halogens is 3. The third kappa shape index (κ3) is 6.59. The molecule has 6 heterocycles. The molecule has 4 aliphatic rings. The third-order valence-corrected chi connectivity index (χ3v) is 11.2. The lowest BCUT2D eigenvalue weighted by Gasteiger charge is -2.45. The Bertz CT molecular complexity index is 2100. The Morgan fingerprint density at radius 2 is 1.94 bits per heavy atom. The third-order valence-electron chi connectivity index (χ3n) is 10.9. The molecule has 4 aromatic rings. The topological polar surface area (TPSA) is 112 Å². The standard InChI is InChI=1S/C39H45ClF2N6O6/c1-6-24-17-47-25(18-48(24)37(49)54-38(2,3)4)19-51-35-30-33(44-36(45-34(30)47)52-20-39-11-8-12-46(39)16-23(41)15-39)31(42)32(43-35)27-14-26(53-21-50-5)13-22-9-7-10-28(40)29(22)27/h7,9-10,13-14,23-25H,6,8,11-12,15-21H2,1-5H3/t23-,24-,25+,39+/m1/s1. The number of nitrogens with zero attached hydrogens (tertiary/aromatic N) is 6. The molecule has 0 spiro atoms. The number of anilines is 1. The van der Waals surface area contributed by atoms with Crippen LogP contribution >= 0.6 is 11.6 Å². The van der Waals surface area contributed by atoms with Crippen LogP contribution in [0, 0.1) is 5.82 Å². The second-order valence-electron chi connectivity index (χ2n) is 15.7. The SMILES string of the molecule is CC[C@@H]1CN2c3nc(OC[C@@]45CCCN4C[C@H](F)C5)nc4c(F)c(-c5cc(OCOC)cc6cccc(Cl)c56)nc(c34)OC[C@@H]2CN1C(=O)OC(C)(C)C. The largest absolute Gasteiger partial charge is 0.475 e. The highest BCUT2D eigenvalue weighted by molar-refractivity contribution is 6.36. The first-order valence-corrected chi connectivity index (χ1v) is 18.9. The number of ether oxygens (including phenoxy) is 5. The molecule has 12 nitrogen and oxygen atoms in total. The first-order valence-electron chi connectivity index (χ1n) is 18.5. The van der Waals surface area contributed by atoms with E-state index in [0.29, 0.717) is 64.2 Å². The summed E-state index contributed by atoms with van der Waals surface area (Å²) in [5.41, 5.74) is -0.879. The minimum absolute atomic E-state index is 0.0247. The second-order valence-corrected chi connectivity index (χ2v) is 16.1. The molecule has 0 saturated carbocycles. The van der Waals surface area contributed by atoms with Crippen LogP contribution in [0.15, 0.2) is 30.3 Å². The van der Waals surface area contributed by atoms with Crippen LogP contribution in [0.3, 0.4) is 0 Å². The Kier molecular flexibility index (Phi) is 9.58. The molecule has 1 amide bonds. The van der Waals surface area contributed by atoms with Crippen molar-refractivity contribution in [2.45, 2.75) is 82.8 Å². The molecule has 0 radical (unpaired) electrons. The van der Waals surface area contributed by atoms with Gasteiger partial charge in [0.2, 0.25) is 5.88 Å². The molecule has 54 heavy (non-hydrogen) atoms. The molecule has 15 heteroatoms. The zero-order valence-electron chi connectivity index (χ0n) is 31.2. The fourth-order valence-electron chi connectivity index (χ4n) is 8.48. The minimum atomic E-state index is -0.944. The molecule has 2 aromatic heterocycles. The number of carbonyl (C=O) groups excluding carboxylic acids is 1. The van der Waals surface area contributed by atoms with E-state index in [1.807, 2.05) is 38.7 Å². The summed E-state index contributed by atoms with van der Waals surface area (Å²) in [6, 6.07) is 8.20. The van der Waals surface area contributed by atoms with Gasteiger partial charge >= 0.3 is 12.1 Å². The van der Waals surface area contributed by atoms with Crippen molar-refractivity contribution in [1.82, 2.24) is 24.8 Å². The number of aromatic nitrogens is 3. The minimum Gasteiger partial charge on any atom is -0.475 e. The van der Waals surface area contributed by atoms with Gasteiger partial charge in [0, 0.05) is 49.1 Å². The fraction of sp³-hybridized carbons (Fsp3) is 0.538. The summed E-state index contributed by atoms with van der Waals surface area (Å²) >= 11 is 6.78. The lowest BCUT2D eigenvalue weighted by atomic mass is 9.95. The number of benzene rings is 2. The number of carbonyl (C=O) groups is 1. The quantitative estimate of drug-likeness (QED) is 0.170. The highest BCUT2D eigenvalue weighted by Gasteiger charge is 2.50. The van der Waals surface area contributed by atoms with Crippen molar-refractivity contribution in [2.75, 3.05) is 58.2 Å². The van der Waals surface area contributed by atoms with E-state index in [-0.39, 0.29) is 61.7 Å².